The number of carbonyl (C=O) groups excluding carboxylic acids is 1. The van der Waals surface area contributed by atoms with Gasteiger partial charge >= 0.3 is 0 Å². The van der Waals surface area contributed by atoms with E-state index in [0.29, 0.717) is 5.78 Å². The molecule has 80 valence electrons. The molecule has 0 fully saturated rings. The Kier molecular flexibility index (Phi) is 2.76. The predicted octanol–water partition coefficient (Wildman–Crippen LogP) is 2.39. The van der Waals surface area contributed by atoms with Crippen LogP contribution in [0.15, 0.2) is 18.2 Å². The molecule has 0 saturated heterocycles. The van der Waals surface area contributed by atoms with E-state index in [9.17, 15) is 4.79 Å². The van der Waals surface area contributed by atoms with Crippen LogP contribution < -0.4 is 4.74 Å². The number of ether oxygens (including phenoxy) is 1. The van der Waals surface area contributed by atoms with Gasteiger partial charge < -0.3 is 4.74 Å². The molecule has 2 heteroatoms. The van der Waals surface area contributed by atoms with Crippen molar-refractivity contribution in [3.63, 3.8) is 0 Å². The van der Waals surface area contributed by atoms with Crippen LogP contribution in [-0.4, -0.2) is 12.9 Å². The summed E-state index contributed by atoms with van der Waals surface area (Å²) in [6.45, 7) is 1.69. The zero-order valence-corrected chi connectivity index (χ0v) is 9.25. The van der Waals surface area contributed by atoms with Crippen molar-refractivity contribution in [1.29, 1.82) is 0 Å². The van der Waals surface area contributed by atoms with Gasteiger partial charge in [-0.15, -0.1) is 0 Å². The largest absolute Gasteiger partial charge is 0.497 e. The smallest absolute Gasteiger partial charge is 0.133 e. The summed E-state index contributed by atoms with van der Waals surface area (Å²) in [5.74, 6) is 1.46. The number of aryl methyl sites for hydroxylation is 1. The summed E-state index contributed by atoms with van der Waals surface area (Å²) in [5, 5.41) is 0. The van der Waals surface area contributed by atoms with Crippen LogP contribution in [0.25, 0.3) is 0 Å². The van der Waals surface area contributed by atoms with Crippen molar-refractivity contribution in [1.82, 2.24) is 0 Å². The molecule has 0 bridgehead atoms. The molecule has 0 amide bonds. The first kappa shape index (κ1) is 10.2. The minimum absolute atomic E-state index is 0.228. The average molecular weight is 204 g/mol. The van der Waals surface area contributed by atoms with Gasteiger partial charge in [0.05, 0.1) is 7.11 Å². The Morgan fingerprint density at radius 2 is 2.20 bits per heavy atom. The topological polar surface area (TPSA) is 26.3 Å². The quantitative estimate of drug-likeness (QED) is 0.739. The van der Waals surface area contributed by atoms with Crippen molar-refractivity contribution < 1.29 is 9.53 Å². The second-order valence-electron chi connectivity index (χ2n) is 4.19. The summed E-state index contributed by atoms with van der Waals surface area (Å²) >= 11 is 0. The summed E-state index contributed by atoms with van der Waals surface area (Å²) in [6.07, 6.45) is 2.88. The molecule has 15 heavy (non-hydrogen) atoms. The Morgan fingerprint density at radius 1 is 1.40 bits per heavy atom. The molecule has 2 nitrogen and oxygen atoms in total. The molecule has 0 spiro atoms. The standard InChI is InChI=1S/C13H16O2/c1-9(14)10-3-4-12-8-13(15-2)6-5-11(12)7-10/h5-6,8,10H,3-4,7H2,1-2H3. The van der Waals surface area contributed by atoms with Crippen molar-refractivity contribution in [2.45, 2.75) is 26.2 Å². The monoisotopic (exact) mass is 204 g/mol. The first-order chi connectivity index (χ1) is 7.20. The minimum atomic E-state index is 0.228. The van der Waals surface area contributed by atoms with Gasteiger partial charge in [-0.05, 0) is 49.4 Å². The summed E-state index contributed by atoms with van der Waals surface area (Å²) in [4.78, 5) is 11.3. The minimum Gasteiger partial charge on any atom is -0.497 e. The van der Waals surface area contributed by atoms with Crippen molar-refractivity contribution in [2.75, 3.05) is 7.11 Å². The lowest BCUT2D eigenvalue weighted by Gasteiger charge is -2.22. The molecule has 1 unspecified atom stereocenters. The number of fused-ring (bicyclic) bond motifs is 1. The number of Topliss-reactive ketones (excluding diaryl/α,β-unsaturated/α-hetero) is 1. The SMILES string of the molecule is COc1ccc2c(c1)CCC(C(C)=O)C2. The highest BCUT2D eigenvalue weighted by Crippen LogP contribution is 2.28. The van der Waals surface area contributed by atoms with Gasteiger partial charge in [-0.3, -0.25) is 4.79 Å². The maximum absolute atomic E-state index is 11.3. The Labute approximate surface area is 90.3 Å². The number of hydrogen-bond donors (Lipinski definition) is 0. The van der Waals surface area contributed by atoms with E-state index < -0.39 is 0 Å². The molecule has 1 aromatic rings. The molecule has 0 aliphatic heterocycles. The number of rotatable bonds is 2. The van der Waals surface area contributed by atoms with Gasteiger partial charge in [-0.2, -0.15) is 0 Å². The molecule has 0 aromatic heterocycles. The van der Waals surface area contributed by atoms with Crippen LogP contribution in [0.3, 0.4) is 0 Å². The second kappa shape index (κ2) is 4.05. The van der Waals surface area contributed by atoms with Gasteiger partial charge in [-0.1, -0.05) is 6.07 Å². The first-order valence-electron chi connectivity index (χ1n) is 5.37. The highest BCUT2D eigenvalue weighted by Gasteiger charge is 2.21. The molecule has 1 aliphatic carbocycles. The predicted molar refractivity (Wildman–Crippen MR) is 59.2 cm³/mol. The Bertz CT molecular complexity index is 382. The van der Waals surface area contributed by atoms with Gasteiger partial charge in [0.2, 0.25) is 0 Å². The Hall–Kier alpha value is -1.31. The highest BCUT2D eigenvalue weighted by atomic mass is 16.5. The van der Waals surface area contributed by atoms with Gasteiger partial charge in [0, 0.05) is 5.92 Å². The number of hydrogen-bond acceptors (Lipinski definition) is 2. The molecular formula is C13H16O2. The average Bonchev–Trinajstić information content (AvgIpc) is 2.27. The van der Waals surface area contributed by atoms with E-state index in [-0.39, 0.29) is 5.92 Å². The fourth-order valence-corrected chi connectivity index (χ4v) is 2.21. The number of ketones is 1. The third kappa shape index (κ3) is 2.04. The fraction of sp³-hybridized carbons (Fsp3) is 0.462. The third-order valence-electron chi connectivity index (χ3n) is 3.22. The molecule has 2 rings (SSSR count). The van der Waals surface area contributed by atoms with E-state index in [4.69, 9.17) is 4.74 Å². The molecule has 0 heterocycles. The number of carbonyl (C=O) groups is 1. The summed E-state index contributed by atoms with van der Waals surface area (Å²) in [7, 11) is 1.68. The van der Waals surface area contributed by atoms with Crippen LogP contribution in [0.5, 0.6) is 5.75 Å². The molecular weight excluding hydrogens is 188 g/mol. The van der Waals surface area contributed by atoms with Gasteiger partial charge in [-0.25, -0.2) is 0 Å². The zero-order chi connectivity index (χ0) is 10.8. The van der Waals surface area contributed by atoms with Crippen LogP contribution >= 0.6 is 0 Å². The molecule has 0 radical (unpaired) electrons. The van der Waals surface area contributed by atoms with Gasteiger partial charge in [0.15, 0.2) is 0 Å². The lowest BCUT2D eigenvalue weighted by molar-refractivity contribution is -0.121. The molecule has 1 atom stereocenters. The lowest BCUT2D eigenvalue weighted by Crippen LogP contribution is -2.20. The third-order valence-corrected chi connectivity index (χ3v) is 3.22. The maximum atomic E-state index is 11.3. The fourth-order valence-electron chi connectivity index (χ4n) is 2.21. The number of benzene rings is 1. The number of methoxy groups -OCH3 is 1. The Balaban J connectivity index is 2.24. The lowest BCUT2D eigenvalue weighted by atomic mass is 9.82. The van der Waals surface area contributed by atoms with Crippen molar-refractivity contribution in [2.24, 2.45) is 5.92 Å². The maximum Gasteiger partial charge on any atom is 0.133 e. The summed E-state index contributed by atoms with van der Waals surface area (Å²) < 4.78 is 5.19. The van der Waals surface area contributed by atoms with Gasteiger partial charge in [0.25, 0.3) is 0 Å². The van der Waals surface area contributed by atoms with Crippen LogP contribution in [0.2, 0.25) is 0 Å². The Morgan fingerprint density at radius 3 is 2.87 bits per heavy atom. The normalized spacial score (nSPS) is 19.5. The highest BCUT2D eigenvalue weighted by molar-refractivity contribution is 5.79. The van der Waals surface area contributed by atoms with Crippen LogP contribution in [-0.2, 0) is 17.6 Å². The summed E-state index contributed by atoms with van der Waals surface area (Å²) in [5.41, 5.74) is 2.65. The summed E-state index contributed by atoms with van der Waals surface area (Å²) in [6, 6.07) is 6.15. The van der Waals surface area contributed by atoms with Crippen LogP contribution in [0.4, 0.5) is 0 Å². The molecule has 1 aromatic carbocycles. The molecule has 0 N–H and O–H groups in total. The van der Waals surface area contributed by atoms with E-state index in [1.54, 1.807) is 14.0 Å². The van der Waals surface area contributed by atoms with E-state index in [1.165, 1.54) is 11.1 Å². The van der Waals surface area contributed by atoms with Crippen molar-refractivity contribution in [3.05, 3.63) is 29.3 Å². The molecule has 1 aliphatic rings. The van der Waals surface area contributed by atoms with E-state index in [1.807, 2.05) is 6.07 Å². The van der Waals surface area contributed by atoms with Crippen LogP contribution in [0.1, 0.15) is 24.5 Å². The zero-order valence-electron chi connectivity index (χ0n) is 9.25. The van der Waals surface area contributed by atoms with E-state index >= 15 is 0 Å². The first-order valence-corrected chi connectivity index (χ1v) is 5.37. The van der Waals surface area contributed by atoms with E-state index in [0.717, 1.165) is 25.0 Å². The van der Waals surface area contributed by atoms with E-state index in [2.05, 4.69) is 12.1 Å². The van der Waals surface area contributed by atoms with Crippen molar-refractivity contribution >= 4 is 5.78 Å². The second-order valence-corrected chi connectivity index (χ2v) is 4.19. The van der Waals surface area contributed by atoms with Gasteiger partial charge in [0.1, 0.15) is 11.5 Å². The van der Waals surface area contributed by atoms with Crippen LogP contribution in [0, 0.1) is 5.92 Å². The van der Waals surface area contributed by atoms with Crippen molar-refractivity contribution in [3.8, 4) is 5.75 Å². The molecule has 0 saturated carbocycles.